The van der Waals surface area contributed by atoms with Crippen molar-refractivity contribution in [1.82, 2.24) is 5.32 Å². The van der Waals surface area contributed by atoms with Gasteiger partial charge in [-0.2, -0.15) is 0 Å². The van der Waals surface area contributed by atoms with Crippen LogP contribution in [0.3, 0.4) is 0 Å². The Morgan fingerprint density at radius 1 is 1.00 bits per heavy atom. The van der Waals surface area contributed by atoms with Gasteiger partial charge in [-0.15, -0.1) is 0 Å². The molecular weight excluding hydrogens is 330 g/mol. The predicted molar refractivity (Wildman–Crippen MR) is 118 cm³/mol. The van der Waals surface area contributed by atoms with Gasteiger partial charge in [0.2, 0.25) is 0 Å². The first-order valence-electron chi connectivity index (χ1n) is 10.9. The lowest BCUT2D eigenvalue weighted by Gasteiger charge is -2.47. The summed E-state index contributed by atoms with van der Waals surface area (Å²) in [6, 6.07) is 9.53. The number of carbonyl (C=O) groups is 1. The van der Waals surface area contributed by atoms with E-state index >= 15 is 0 Å². The molecule has 1 N–H and O–H groups in total. The normalized spacial score (nSPS) is 13.6. The van der Waals surface area contributed by atoms with Gasteiger partial charge in [-0.1, -0.05) is 92.3 Å². The zero-order valence-electron chi connectivity index (χ0n) is 18.9. The molecule has 1 amide bonds. The molecule has 0 aromatic heterocycles. The summed E-state index contributed by atoms with van der Waals surface area (Å²) < 4.78 is 0. The fraction of sp³-hybridized carbons (Fsp3) is 0.720. The Bertz CT molecular complexity index is 545. The van der Waals surface area contributed by atoms with Gasteiger partial charge in [-0.3, -0.25) is 4.79 Å². The average Bonchev–Trinajstić information content (AvgIpc) is 2.61. The highest BCUT2D eigenvalue weighted by Gasteiger charge is 2.40. The molecule has 0 spiro atoms. The maximum absolute atomic E-state index is 12.3. The van der Waals surface area contributed by atoms with E-state index in [1.807, 2.05) is 30.3 Å². The van der Waals surface area contributed by atoms with Crippen LogP contribution >= 0.6 is 0 Å². The van der Waals surface area contributed by atoms with Gasteiger partial charge in [-0.05, 0) is 47.6 Å². The van der Waals surface area contributed by atoms with Crippen molar-refractivity contribution < 1.29 is 4.79 Å². The van der Waals surface area contributed by atoms with E-state index in [-0.39, 0.29) is 11.3 Å². The number of hydrogen-bond donors (Lipinski definition) is 1. The van der Waals surface area contributed by atoms with Gasteiger partial charge in [0.15, 0.2) is 0 Å². The van der Waals surface area contributed by atoms with Crippen molar-refractivity contribution in [2.45, 2.75) is 87.0 Å². The SMILES string of the molecule is CCCCCC(CCNC(=O)c1ccccc1)CC(C)(C)C(C)(C)C(C)C. The van der Waals surface area contributed by atoms with Crippen molar-refractivity contribution in [3.05, 3.63) is 35.9 Å². The molecule has 1 aromatic carbocycles. The zero-order chi connectivity index (χ0) is 20.5. The number of carbonyl (C=O) groups excluding carboxylic acids is 1. The molecule has 0 fully saturated rings. The molecule has 1 unspecified atom stereocenters. The van der Waals surface area contributed by atoms with Crippen LogP contribution < -0.4 is 5.32 Å². The minimum absolute atomic E-state index is 0.0460. The van der Waals surface area contributed by atoms with Gasteiger partial charge >= 0.3 is 0 Å². The molecule has 1 aromatic rings. The van der Waals surface area contributed by atoms with Gasteiger partial charge in [0.25, 0.3) is 5.91 Å². The number of unbranched alkanes of at least 4 members (excludes halogenated alkanes) is 2. The van der Waals surface area contributed by atoms with Crippen LogP contribution in [0.1, 0.15) is 97.3 Å². The minimum atomic E-state index is 0.0460. The number of nitrogens with one attached hydrogen (secondary N) is 1. The van der Waals surface area contributed by atoms with E-state index in [1.165, 1.54) is 32.1 Å². The van der Waals surface area contributed by atoms with E-state index < -0.39 is 0 Å². The van der Waals surface area contributed by atoms with Gasteiger partial charge in [0.1, 0.15) is 0 Å². The van der Waals surface area contributed by atoms with Crippen LogP contribution in [0.25, 0.3) is 0 Å². The van der Waals surface area contributed by atoms with E-state index in [2.05, 4.69) is 53.8 Å². The predicted octanol–water partition coefficient (Wildman–Crippen LogP) is 7.10. The van der Waals surface area contributed by atoms with E-state index in [4.69, 9.17) is 0 Å². The van der Waals surface area contributed by atoms with Crippen LogP contribution in [-0.4, -0.2) is 12.5 Å². The van der Waals surface area contributed by atoms with Crippen LogP contribution in [0.15, 0.2) is 30.3 Å². The number of benzene rings is 1. The molecule has 27 heavy (non-hydrogen) atoms. The molecule has 0 aliphatic rings. The molecule has 2 heteroatoms. The molecule has 154 valence electrons. The molecule has 0 aliphatic heterocycles. The number of rotatable bonds is 12. The van der Waals surface area contributed by atoms with Gasteiger partial charge in [0, 0.05) is 12.1 Å². The quantitative estimate of drug-likeness (QED) is 0.389. The third kappa shape index (κ3) is 7.31. The second kappa shape index (κ2) is 10.9. The molecule has 0 saturated heterocycles. The monoisotopic (exact) mass is 373 g/mol. The second-order valence-corrected chi connectivity index (χ2v) is 9.74. The van der Waals surface area contributed by atoms with Crippen LogP contribution in [0.5, 0.6) is 0 Å². The third-order valence-corrected chi connectivity index (χ3v) is 7.08. The molecule has 0 bridgehead atoms. The summed E-state index contributed by atoms with van der Waals surface area (Å²) in [5, 5.41) is 3.13. The van der Waals surface area contributed by atoms with Crippen LogP contribution in [-0.2, 0) is 0 Å². The maximum Gasteiger partial charge on any atom is 0.251 e. The zero-order valence-corrected chi connectivity index (χ0v) is 18.9. The molecule has 0 aliphatic carbocycles. The Balaban J connectivity index is 2.66. The second-order valence-electron chi connectivity index (χ2n) is 9.74. The number of hydrogen-bond acceptors (Lipinski definition) is 1. The Labute approximate surface area is 168 Å². The highest BCUT2D eigenvalue weighted by atomic mass is 16.1. The fourth-order valence-corrected chi connectivity index (χ4v) is 3.88. The first kappa shape index (κ1) is 23.7. The lowest BCUT2D eigenvalue weighted by Crippen LogP contribution is -2.39. The van der Waals surface area contributed by atoms with Crippen LogP contribution in [0.4, 0.5) is 0 Å². The summed E-state index contributed by atoms with van der Waals surface area (Å²) in [7, 11) is 0. The van der Waals surface area contributed by atoms with Gasteiger partial charge in [0.05, 0.1) is 0 Å². The van der Waals surface area contributed by atoms with E-state index in [0.717, 1.165) is 18.5 Å². The van der Waals surface area contributed by atoms with Crippen molar-refractivity contribution in [3.8, 4) is 0 Å². The number of amides is 1. The largest absolute Gasteiger partial charge is 0.352 e. The van der Waals surface area contributed by atoms with E-state index in [1.54, 1.807) is 0 Å². The maximum atomic E-state index is 12.3. The molecule has 1 atom stereocenters. The van der Waals surface area contributed by atoms with Crippen molar-refractivity contribution in [2.24, 2.45) is 22.7 Å². The molecule has 2 nitrogen and oxygen atoms in total. The summed E-state index contributed by atoms with van der Waals surface area (Å²) in [5.74, 6) is 1.37. The highest BCUT2D eigenvalue weighted by molar-refractivity contribution is 5.94. The third-order valence-electron chi connectivity index (χ3n) is 7.08. The highest BCUT2D eigenvalue weighted by Crippen LogP contribution is 2.49. The smallest absolute Gasteiger partial charge is 0.251 e. The van der Waals surface area contributed by atoms with E-state index in [9.17, 15) is 4.79 Å². The average molecular weight is 374 g/mol. The first-order valence-corrected chi connectivity index (χ1v) is 10.9. The summed E-state index contributed by atoms with van der Waals surface area (Å²) in [5.41, 5.74) is 1.33. The summed E-state index contributed by atoms with van der Waals surface area (Å²) in [4.78, 5) is 12.3. The van der Waals surface area contributed by atoms with Crippen molar-refractivity contribution in [2.75, 3.05) is 6.54 Å². The van der Waals surface area contributed by atoms with Crippen molar-refractivity contribution in [3.63, 3.8) is 0 Å². The standard InChI is InChI=1S/C25H43NO/c1-8-9-11-14-21(19-24(4,5)25(6,7)20(2)3)17-18-26-23(27)22-15-12-10-13-16-22/h10,12-13,15-16,20-21H,8-9,11,14,17-19H2,1-7H3,(H,26,27). The Hall–Kier alpha value is -1.31. The van der Waals surface area contributed by atoms with E-state index in [0.29, 0.717) is 17.3 Å². The Morgan fingerprint density at radius 2 is 1.63 bits per heavy atom. The Morgan fingerprint density at radius 3 is 2.19 bits per heavy atom. The summed E-state index contributed by atoms with van der Waals surface area (Å²) in [6.45, 7) is 17.4. The summed E-state index contributed by atoms with van der Waals surface area (Å²) >= 11 is 0. The lowest BCUT2D eigenvalue weighted by atomic mass is 9.58. The summed E-state index contributed by atoms with van der Waals surface area (Å²) in [6.07, 6.45) is 7.43. The van der Waals surface area contributed by atoms with Crippen LogP contribution in [0.2, 0.25) is 0 Å². The molecular formula is C25H43NO. The van der Waals surface area contributed by atoms with Crippen LogP contribution in [0, 0.1) is 22.7 Å². The molecule has 0 heterocycles. The van der Waals surface area contributed by atoms with Gasteiger partial charge < -0.3 is 5.32 Å². The topological polar surface area (TPSA) is 29.1 Å². The Kier molecular flexibility index (Phi) is 9.56. The lowest BCUT2D eigenvalue weighted by molar-refractivity contribution is 0.0291. The fourth-order valence-electron chi connectivity index (χ4n) is 3.88. The van der Waals surface area contributed by atoms with Crippen molar-refractivity contribution >= 4 is 5.91 Å². The molecule has 1 rings (SSSR count). The first-order chi connectivity index (χ1) is 12.6. The molecule has 0 radical (unpaired) electrons. The van der Waals surface area contributed by atoms with Crippen molar-refractivity contribution in [1.29, 1.82) is 0 Å². The minimum Gasteiger partial charge on any atom is -0.352 e. The van der Waals surface area contributed by atoms with Gasteiger partial charge in [-0.25, -0.2) is 0 Å². The molecule has 0 saturated carbocycles.